The molecule has 1 aromatic heterocycles. The minimum Gasteiger partial charge on any atom is -0.255 e. The van der Waals surface area contributed by atoms with Crippen molar-refractivity contribution in [2.75, 3.05) is 0 Å². The summed E-state index contributed by atoms with van der Waals surface area (Å²) >= 11 is 0.480. The van der Waals surface area contributed by atoms with Crippen molar-refractivity contribution in [1.29, 1.82) is 0 Å². The zero-order chi connectivity index (χ0) is 10.5. The van der Waals surface area contributed by atoms with E-state index in [4.69, 9.17) is 0 Å². The Labute approximate surface area is 91.7 Å². The summed E-state index contributed by atoms with van der Waals surface area (Å²) in [4.78, 5) is 4.83. The van der Waals surface area contributed by atoms with Crippen molar-refractivity contribution in [3.63, 3.8) is 0 Å². The maximum atomic E-state index is 11.1. The molecule has 1 aromatic carbocycles. The van der Waals surface area contributed by atoms with Crippen LogP contribution in [0.1, 0.15) is 11.3 Å². The van der Waals surface area contributed by atoms with Gasteiger partial charge in [0.05, 0.1) is 16.9 Å². The van der Waals surface area contributed by atoms with E-state index in [0.717, 1.165) is 11.3 Å². The highest BCUT2D eigenvalue weighted by atomic mass is 32.1. The molecule has 0 atom stereocenters. The summed E-state index contributed by atoms with van der Waals surface area (Å²) in [6, 6.07) is 15.1. The maximum absolute atomic E-state index is 11.1. The molecule has 0 fully saturated rings. The van der Waals surface area contributed by atoms with Crippen LogP contribution in [0, 0.1) is 0 Å². The molecule has 1 heterocycles. The summed E-state index contributed by atoms with van der Waals surface area (Å²) in [6.07, 6.45) is 1.69. The van der Waals surface area contributed by atoms with E-state index in [-0.39, 0.29) is 0 Å². The first-order chi connectivity index (χ1) is 7.42. The van der Waals surface area contributed by atoms with E-state index in [0.29, 0.717) is 16.1 Å². The predicted molar refractivity (Wildman–Crippen MR) is 62.0 cm³/mol. The fourth-order valence-corrected chi connectivity index (χ4v) is 1.76. The molecule has 0 saturated carbocycles. The molecule has 0 aliphatic heterocycles. The molecule has 0 saturated heterocycles. The Morgan fingerprint density at radius 2 is 1.73 bits per heavy atom. The minimum atomic E-state index is 0.480. The lowest BCUT2D eigenvalue weighted by atomic mass is 10.1. The summed E-state index contributed by atoms with van der Waals surface area (Å²) < 4.78 is 11.1. The number of rotatable bonds is 2. The molecule has 2 rings (SSSR count). The van der Waals surface area contributed by atoms with E-state index in [9.17, 15) is 4.21 Å². The third-order valence-electron chi connectivity index (χ3n) is 2.02. The van der Waals surface area contributed by atoms with Gasteiger partial charge in [0.25, 0.3) is 0 Å². The molecule has 0 N–H and O–H groups in total. The Hall–Kier alpha value is -1.74. The molecule has 2 nitrogen and oxygen atoms in total. The molecule has 15 heavy (non-hydrogen) atoms. The van der Waals surface area contributed by atoms with Gasteiger partial charge in [-0.1, -0.05) is 36.4 Å². The molecule has 0 spiro atoms. The zero-order valence-electron chi connectivity index (χ0n) is 7.96. The zero-order valence-corrected chi connectivity index (χ0v) is 8.78. The Morgan fingerprint density at radius 1 is 1.00 bits per heavy atom. The second-order valence-electron chi connectivity index (χ2n) is 2.99. The Kier molecular flexibility index (Phi) is 3.05. The van der Waals surface area contributed by atoms with Crippen molar-refractivity contribution >= 4 is 16.1 Å². The van der Waals surface area contributed by atoms with Gasteiger partial charge < -0.3 is 0 Å². The van der Waals surface area contributed by atoms with Crippen molar-refractivity contribution in [3.8, 4) is 0 Å². The molecule has 74 valence electrons. The molecule has 3 heteroatoms. The fraction of sp³-hybridized carbons (Fsp3) is 0. The number of aromatic nitrogens is 1. The Balaban J connectivity index is 2.48. The first-order valence-electron chi connectivity index (χ1n) is 4.55. The first kappa shape index (κ1) is 9.80. The van der Waals surface area contributed by atoms with Crippen LogP contribution in [0.25, 0.3) is 0 Å². The van der Waals surface area contributed by atoms with E-state index in [1.54, 1.807) is 6.20 Å². The summed E-state index contributed by atoms with van der Waals surface area (Å²) in [5.41, 5.74) is 1.64. The van der Waals surface area contributed by atoms with Crippen molar-refractivity contribution in [2.24, 2.45) is 0 Å². The van der Waals surface area contributed by atoms with Crippen LogP contribution in [0.5, 0.6) is 0 Å². The van der Waals surface area contributed by atoms with E-state index >= 15 is 0 Å². The normalized spacial score (nSPS) is 9.60. The van der Waals surface area contributed by atoms with Gasteiger partial charge in [-0.3, -0.25) is 4.98 Å². The lowest BCUT2D eigenvalue weighted by Crippen LogP contribution is -2.04. The number of benzene rings is 1. The van der Waals surface area contributed by atoms with Crippen molar-refractivity contribution in [2.45, 2.75) is 0 Å². The Morgan fingerprint density at radius 3 is 2.33 bits per heavy atom. The predicted octanol–water partition coefficient (Wildman–Crippen LogP) is 1.86. The molecular weight excluding hydrogens is 206 g/mol. The van der Waals surface area contributed by atoms with Crippen molar-refractivity contribution in [3.05, 3.63) is 66.0 Å². The molecular formula is C12H9NOS. The van der Waals surface area contributed by atoms with Crippen LogP contribution in [0.15, 0.2) is 54.7 Å². The van der Waals surface area contributed by atoms with Crippen LogP contribution in [-0.4, -0.2) is 14.1 Å². The molecule has 0 amide bonds. The molecule has 0 bridgehead atoms. The van der Waals surface area contributed by atoms with E-state index in [1.165, 1.54) is 0 Å². The van der Waals surface area contributed by atoms with Crippen LogP contribution >= 0.6 is 0 Å². The first-order valence-corrected chi connectivity index (χ1v) is 5.29. The third-order valence-corrected chi connectivity index (χ3v) is 2.63. The molecule has 0 radical (unpaired) electrons. The van der Waals surface area contributed by atoms with Crippen molar-refractivity contribution < 1.29 is 4.21 Å². The minimum absolute atomic E-state index is 0.480. The van der Waals surface area contributed by atoms with Crippen molar-refractivity contribution in [1.82, 2.24) is 4.98 Å². The highest BCUT2D eigenvalue weighted by Gasteiger charge is 2.05. The van der Waals surface area contributed by atoms with Crippen LogP contribution in [0.2, 0.25) is 0 Å². The summed E-state index contributed by atoms with van der Waals surface area (Å²) in [5.74, 6) is 0. The van der Waals surface area contributed by atoms with Gasteiger partial charge in [-0.25, -0.2) is 4.21 Å². The quantitative estimate of drug-likeness (QED) is 0.565. The van der Waals surface area contributed by atoms with Crippen LogP contribution in [0.3, 0.4) is 0 Å². The lowest BCUT2D eigenvalue weighted by molar-refractivity contribution is 0.701. The summed E-state index contributed by atoms with van der Waals surface area (Å²) in [5, 5.41) is 0. The monoisotopic (exact) mass is 215 g/mol. The molecule has 0 aliphatic rings. The third kappa shape index (κ3) is 2.19. The number of pyridine rings is 1. The number of hydrogen-bond acceptors (Lipinski definition) is 2. The van der Waals surface area contributed by atoms with E-state index in [2.05, 4.69) is 4.98 Å². The average Bonchev–Trinajstić information content (AvgIpc) is 2.33. The standard InChI is InChI=1S/C12H9NOS/c14-15-12(10-6-2-1-3-7-10)11-8-4-5-9-13-11/h1-9H. The van der Waals surface area contributed by atoms with Crippen LogP contribution in [-0.2, 0) is 11.3 Å². The fourth-order valence-electron chi connectivity index (χ4n) is 1.33. The topological polar surface area (TPSA) is 30.0 Å². The number of nitrogens with zero attached hydrogens (tertiary/aromatic N) is 1. The highest BCUT2D eigenvalue weighted by molar-refractivity contribution is 7.67. The second-order valence-corrected chi connectivity index (χ2v) is 3.57. The van der Waals surface area contributed by atoms with E-state index < -0.39 is 0 Å². The molecule has 0 unspecified atom stereocenters. The van der Waals surface area contributed by atoms with Gasteiger partial charge in [-0.05, 0) is 17.7 Å². The smallest absolute Gasteiger partial charge is 0.101 e. The SMILES string of the molecule is O=S=C(c1ccccc1)c1ccccn1. The van der Waals surface area contributed by atoms with Gasteiger partial charge >= 0.3 is 0 Å². The summed E-state index contributed by atoms with van der Waals surface area (Å²) in [6.45, 7) is 0. The summed E-state index contributed by atoms with van der Waals surface area (Å²) in [7, 11) is 0. The van der Waals surface area contributed by atoms with Gasteiger partial charge in [-0.15, -0.1) is 0 Å². The number of hydrogen-bond donors (Lipinski definition) is 0. The average molecular weight is 215 g/mol. The maximum Gasteiger partial charge on any atom is 0.101 e. The van der Waals surface area contributed by atoms with Gasteiger partial charge in [0.15, 0.2) is 0 Å². The van der Waals surface area contributed by atoms with Gasteiger partial charge in [-0.2, -0.15) is 0 Å². The molecule has 0 aliphatic carbocycles. The largest absolute Gasteiger partial charge is 0.255 e. The molecule has 2 aromatic rings. The van der Waals surface area contributed by atoms with E-state index in [1.807, 2.05) is 48.5 Å². The van der Waals surface area contributed by atoms with Gasteiger partial charge in [0, 0.05) is 6.20 Å². The van der Waals surface area contributed by atoms with Gasteiger partial charge in [0.1, 0.15) is 4.86 Å². The van der Waals surface area contributed by atoms with Crippen LogP contribution in [0.4, 0.5) is 0 Å². The van der Waals surface area contributed by atoms with Crippen LogP contribution < -0.4 is 0 Å². The second kappa shape index (κ2) is 4.66. The Bertz CT molecular complexity index is 448. The van der Waals surface area contributed by atoms with Gasteiger partial charge in [0.2, 0.25) is 0 Å². The lowest BCUT2D eigenvalue weighted by Gasteiger charge is -2.01. The highest BCUT2D eigenvalue weighted by Crippen LogP contribution is 2.06.